The minimum Gasteiger partial charge on any atom is -0.396 e. The summed E-state index contributed by atoms with van der Waals surface area (Å²) in [4.78, 5) is 0. The first-order valence-electron chi connectivity index (χ1n) is 4.07. The van der Waals surface area contributed by atoms with E-state index < -0.39 is 0 Å². The molecule has 0 aliphatic carbocycles. The van der Waals surface area contributed by atoms with E-state index in [0.29, 0.717) is 0 Å². The molecule has 68 valence electrons. The Bertz CT molecular complexity index is 83.8. The molecule has 0 amide bonds. The van der Waals surface area contributed by atoms with Gasteiger partial charge in [0.05, 0.1) is 6.61 Å². The highest BCUT2D eigenvalue weighted by molar-refractivity contribution is 7.81. The van der Waals surface area contributed by atoms with Gasteiger partial charge in [0.15, 0.2) is 0 Å². The van der Waals surface area contributed by atoms with Gasteiger partial charge in [-0.15, -0.1) is 0 Å². The number of hydrogen-bond donors (Lipinski definition) is 3. The highest BCUT2D eigenvalue weighted by atomic mass is 32.1. The predicted molar refractivity (Wildman–Crippen MR) is 56.7 cm³/mol. The molecule has 0 unspecified atom stereocenters. The fourth-order valence-corrected chi connectivity index (χ4v) is 1.86. The summed E-state index contributed by atoms with van der Waals surface area (Å²) in [7, 11) is 0. The molecule has 0 aromatic rings. The predicted octanol–water partition coefficient (Wildman–Crippen LogP) is 2.01. The Morgan fingerprint density at radius 3 is 2.09 bits per heavy atom. The van der Waals surface area contributed by atoms with E-state index in [2.05, 4.69) is 32.2 Å². The zero-order valence-electron chi connectivity index (χ0n) is 7.08. The van der Waals surface area contributed by atoms with Crippen LogP contribution in [-0.4, -0.2) is 23.2 Å². The van der Waals surface area contributed by atoms with Crippen LogP contribution < -0.4 is 0 Å². The van der Waals surface area contributed by atoms with Crippen LogP contribution in [0.4, 0.5) is 0 Å². The van der Waals surface area contributed by atoms with Crippen molar-refractivity contribution in [3.8, 4) is 0 Å². The van der Waals surface area contributed by atoms with Gasteiger partial charge in [0.1, 0.15) is 0 Å². The highest BCUT2D eigenvalue weighted by Crippen LogP contribution is 2.26. The second-order valence-corrected chi connectivity index (χ2v) is 3.71. The first kappa shape index (κ1) is 11.7. The monoisotopic (exact) mass is 194 g/mol. The zero-order valence-corrected chi connectivity index (χ0v) is 8.87. The van der Waals surface area contributed by atoms with Crippen LogP contribution >= 0.6 is 25.3 Å². The molecule has 0 aromatic heterocycles. The van der Waals surface area contributed by atoms with Gasteiger partial charge in [-0.05, 0) is 17.9 Å². The van der Waals surface area contributed by atoms with Crippen molar-refractivity contribution >= 4 is 25.3 Å². The maximum absolute atomic E-state index is 9.11. The van der Waals surface area contributed by atoms with Gasteiger partial charge in [0, 0.05) is 5.41 Å². The van der Waals surface area contributed by atoms with Crippen LogP contribution in [0.1, 0.15) is 26.2 Å². The van der Waals surface area contributed by atoms with Crippen molar-refractivity contribution in [2.45, 2.75) is 26.2 Å². The maximum Gasteiger partial charge on any atom is 0.0503 e. The fourth-order valence-electron chi connectivity index (χ4n) is 0.939. The molecular formula is C8H18OS2. The van der Waals surface area contributed by atoms with E-state index >= 15 is 0 Å². The Hall–Kier alpha value is 0.660. The van der Waals surface area contributed by atoms with E-state index in [1.165, 1.54) is 6.42 Å². The van der Waals surface area contributed by atoms with Crippen molar-refractivity contribution in [2.24, 2.45) is 5.41 Å². The summed E-state index contributed by atoms with van der Waals surface area (Å²) in [5, 5.41) is 9.11. The van der Waals surface area contributed by atoms with Crippen LogP contribution in [0.3, 0.4) is 0 Å². The first-order chi connectivity index (χ1) is 5.24. The lowest BCUT2D eigenvalue weighted by Crippen LogP contribution is -2.29. The van der Waals surface area contributed by atoms with Crippen LogP contribution in [0.15, 0.2) is 0 Å². The van der Waals surface area contributed by atoms with Crippen LogP contribution in [-0.2, 0) is 0 Å². The van der Waals surface area contributed by atoms with Gasteiger partial charge in [0.2, 0.25) is 0 Å². The number of unbranched alkanes of at least 4 members (excludes halogenated alkanes) is 1. The molecular weight excluding hydrogens is 176 g/mol. The minimum atomic E-state index is -0.0395. The molecule has 0 atom stereocenters. The molecule has 1 nitrogen and oxygen atoms in total. The standard InChI is InChI=1S/C8H18OS2/c1-2-3-4-8(5-9,6-10)7-11/h9-11H,2-7H2,1H3. The molecule has 1 N–H and O–H groups in total. The topological polar surface area (TPSA) is 20.2 Å². The number of aliphatic hydroxyl groups is 1. The Balaban J connectivity index is 3.84. The van der Waals surface area contributed by atoms with Gasteiger partial charge in [-0.1, -0.05) is 19.8 Å². The van der Waals surface area contributed by atoms with Gasteiger partial charge < -0.3 is 5.11 Å². The summed E-state index contributed by atoms with van der Waals surface area (Å²) >= 11 is 8.45. The summed E-state index contributed by atoms with van der Waals surface area (Å²) in [5.41, 5.74) is -0.0395. The third-order valence-electron chi connectivity index (χ3n) is 2.07. The van der Waals surface area contributed by atoms with Gasteiger partial charge in [-0.2, -0.15) is 25.3 Å². The average molecular weight is 194 g/mol. The molecule has 0 aliphatic heterocycles. The summed E-state index contributed by atoms with van der Waals surface area (Å²) < 4.78 is 0. The van der Waals surface area contributed by atoms with Crippen LogP contribution in [0.5, 0.6) is 0 Å². The number of rotatable bonds is 6. The summed E-state index contributed by atoms with van der Waals surface area (Å²) in [5.74, 6) is 1.46. The van der Waals surface area contributed by atoms with E-state index in [1.54, 1.807) is 0 Å². The fraction of sp³-hybridized carbons (Fsp3) is 1.00. The van der Waals surface area contributed by atoms with Crippen molar-refractivity contribution in [1.82, 2.24) is 0 Å². The molecule has 0 bridgehead atoms. The van der Waals surface area contributed by atoms with E-state index in [4.69, 9.17) is 5.11 Å². The Labute approximate surface area is 80.4 Å². The maximum atomic E-state index is 9.11. The SMILES string of the molecule is CCCCC(CO)(CS)CS. The van der Waals surface area contributed by atoms with Crippen LogP contribution in [0.2, 0.25) is 0 Å². The first-order valence-corrected chi connectivity index (χ1v) is 5.33. The molecule has 0 heterocycles. The lowest BCUT2D eigenvalue weighted by Gasteiger charge is -2.27. The molecule has 0 aliphatic rings. The molecule has 0 radical (unpaired) electrons. The number of aliphatic hydroxyl groups excluding tert-OH is 1. The minimum absolute atomic E-state index is 0.0395. The van der Waals surface area contributed by atoms with Gasteiger partial charge >= 0.3 is 0 Å². The normalized spacial score (nSPS) is 12.0. The second-order valence-electron chi connectivity index (χ2n) is 3.08. The summed E-state index contributed by atoms with van der Waals surface area (Å²) in [6.07, 6.45) is 3.36. The molecule has 0 saturated carbocycles. The number of hydrogen-bond acceptors (Lipinski definition) is 3. The third-order valence-corrected chi connectivity index (χ3v) is 3.41. The quantitative estimate of drug-likeness (QED) is 0.553. The van der Waals surface area contributed by atoms with Crippen molar-refractivity contribution in [1.29, 1.82) is 0 Å². The Morgan fingerprint density at radius 2 is 1.82 bits per heavy atom. The largest absolute Gasteiger partial charge is 0.396 e. The van der Waals surface area contributed by atoms with Crippen molar-refractivity contribution in [3.63, 3.8) is 0 Å². The van der Waals surface area contributed by atoms with Gasteiger partial charge in [-0.3, -0.25) is 0 Å². The molecule has 0 aromatic carbocycles. The van der Waals surface area contributed by atoms with Crippen molar-refractivity contribution < 1.29 is 5.11 Å². The Morgan fingerprint density at radius 1 is 1.27 bits per heavy atom. The summed E-state index contributed by atoms with van der Waals surface area (Å²) in [6, 6.07) is 0. The van der Waals surface area contributed by atoms with Gasteiger partial charge in [-0.25, -0.2) is 0 Å². The Kier molecular flexibility index (Phi) is 6.58. The highest BCUT2D eigenvalue weighted by Gasteiger charge is 2.25. The van der Waals surface area contributed by atoms with Crippen LogP contribution in [0.25, 0.3) is 0 Å². The van der Waals surface area contributed by atoms with Crippen LogP contribution in [0, 0.1) is 5.41 Å². The lowest BCUT2D eigenvalue weighted by atomic mass is 9.88. The molecule has 0 spiro atoms. The van der Waals surface area contributed by atoms with Gasteiger partial charge in [0.25, 0.3) is 0 Å². The van der Waals surface area contributed by atoms with E-state index in [-0.39, 0.29) is 12.0 Å². The zero-order chi connectivity index (χ0) is 8.74. The molecule has 3 heteroatoms. The molecule has 0 saturated heterocycles. The number of thiol groups is 2. The summed E-state index contributed by atoms with van der Waals surface area (Å²) in [6.45, 7) is 2.36. The van der Waals surface area contributed by atoms with E-state index in [1.807, 2.05) is 0 Å². The molecule has 11 heavy (non-hydrogen) atoms. The lowest BCUT2D eigenvalue weighted by molar-refractivity contribution is 0.157. The molecule has 0 fully saturated rings. The molecule has 0 rings (SSSR count). The average Bonchev–Trinajstić information content (AvgIpc) is 2.08. The van der Waals surface area contributed by atoms with Crippen molar-refractivity contribution in [3.05, 3.63) is 0 Å². The smallest absolute Gasteiger partial charge is 0.0503 e. The van der Waals surface area contributed by atoms with E-state index in [0.717, 1.165) is 24.3 Å². The second kappa shape index (κ2) is 6.21. The third kappa shape index (κ3) is 3.72. The van der Waals surface area contributed by atoms with E-state index in [9.17, 15) is 0 Å². The van der Waals surface area contributed by atoms with Crippen molar-refractivity contribution in [2.75, 3.05) is 18.1 Å².